The molecule has 0 amide bonds. The molecule has 0 N–H and O–H groups in total. The fourth-order valence-corrected chi connectivity index (χ4v) is 2.14. The predicted molar refractivity (Wildman–Crippen MR) is 81.8 cm³/mol. The maximum absolute atomic E-state index is 12.1. The van der Waals surface area contributed by atoms with E-state index in [9.17, 15) is 9.59 Å². The molecule has 21 heavy (non-hydrogen) atoms. The monoisotopic (exact) mass is 293 g/mol. The molecule has 1 aromatic heterocycles. The smallest absolute Gasteiger partial charge is 0.340 e. The van der Waals surface area contributed by atoms with Gasteiger partial charge < -0.3 is 14.0 Å². The van der Waals surface area contributed by atoms with Crippen LogP contribution < -0.4 is 5.56 Å². The lowest BCUT2D eigenvalue weighted by atomic mass is 10.1. The number of ether oxygens (including phenoxy) is 2. The first kappa shape index (κ1) is 17.2. The number of carbonyl (C=O) groups excluding carboxylic acids is 1. The number of hydrogen-bond donors (Lipinski definition) is 0. The van der Waals surface area contributed by atoms with E-state index in [1.54, 1.807) is 31.4 Å². The summed E-state index contributed by atoms with van der Waals surface area (Å²) in [5.74, 6) is -0.395. The van der Waals surface area contributed by atoms with Crippen molar-refractivity contribution in [2.24, 2.45) is 0 Å². The van der Waals surface area contributed by atoms with Crippen LogP contribution in [0.4, 0.5) is 0 Å². The zero-order valence-corrected chi connectivity index (χ0v) is 13.0. The van der Waals surface area contributed by atoms with Gasteiger partial charge in [-0.25, -0.2) is 4.79 Å². The Bertz CT molecular complexity index is 560. The van der Waals surface area contributed by atoms with Crippen LogP contribution in [0.2, 0.25) is 0 Å². The largest absolute Gasteiger partial charge is 0.462 e. The molecule has 116 valence electrons. The number of nitrogens with zero attached hydrogens (tertiary/aromatic N) is 1. The number of pyridine rings is 1. The van der Waals surface area contributed by atoms with Gasteiger partial charge in [-0.2, -0.15) is 0 Å². The molecule has 0 fully saturated rings. The van der Waals surface area contributed by atoms with Gasteiger partial charge in [0.1, 0.15) is 0 Å². The third kappa shape index (κ3) is 4.56. The van der Waals surface area contributed by atoms with Crippen LogP contribution in [0.15, 0.2) is 23.5 Å². The van der Waals surface area contributed by atoms with Gasteiger partial charge in [-0.05, 0) is 32.8 Å². The van der Waals surface area contributed by atoms with Gasteiger partial charge in [0.05, 0.1) is 25.4 Å². The van der Waals surface area contributed by atoms with Crippen molar-refractivity contribution in [3.05, 3.63) is 45.9 Å². The number of esters is 1. The zero-order valence-electron chi connectivity index (χ0n) is 13.0. The van der Waals surface area contributed by atoms with Crippen molar-refractivity contribution < 1.29 is 14.3 Å². The van der Waals surface area contributed by atoms with Gasteiger partial charge >= 0.3 is 5.97 Å². The highest BCUT2D eigenvalue weighted by atomic mass is 16.5. The second kappa shape index (κ2) is 8.42. The third-order valence-corrected chi connectivity index (χ3v) is 3.17. The summed E-state index contributed by atoms with van der Waals surface area (Å²) in [5.41, 5.74) is 1.58. The summed E-state index contributed by atoms with van der Waals surface area (Å²) >= 11 is 0. The van der Waals surface area contributed by atoms with E-state index in [1.807, 2.05) is 0 Å². The van der Waals surface area contributed by atoms with Gasteiger partial charge in [0, 0.05) is 18.3 Å². The normalized spacial score (nSPS) is 10.4. The second-order valence-corrected chi connectivity index (χ2v) is 4.69. The standard InChI is InChI=1S/C16H23NO4/c1-5-7-9-20-10-8-17-13(4)15(16(19)21-6-2)12(3)11-14(17)18/h5,11H,1,6-10H2,2-4H3. The Morgan fingerprint density at radius 3 is 2.71 bits per heavy atom. The Labute approximate surface area is 125 Å². The average molecular weight is 293 g/mol. The van der Waals surface area contributed by atoms with Gasteiger partial charge in [0.15, 0.2) is 0 Å². The summed E-state index contributed by atoms with van der Waals surface area (Å²) in [6.07, 6.45) is 2.55. The maximum Gasteiger partial charge on any atom is 0.340 e. The zero-order chi connectivity index (χ0) is 15.8. The number of aromatic nitrogens is 1. The highest BCUT2D eigenvalue weighted by Gasteiger charge is 2.17. The molecule has 0 aliphatic carbocycles. The van der Waals surface area contributed by atoms with Crippen molar-refractivity contribution in [1.82, 2.24) is 4.57 Å². The number of carbonyl (C=O) groups is 1. The summed E-state index contributed by atoms with van der Waals surface area (Å²) < 4.78 is 12.0. The van der Waals surface area contributed by atoms with E-state index in [2.05, 4.69) is 6.58 Å². The fourth-order valence-electron chi connectivity index (χ4n) is 2.14. The first-order valence-corrected chi connectivity index (χ1v) is 7.09. The summed E-state index contributed by atoms with van der Waals surface area (Å²) in [6.45, 7) is 10.6. The summed E-state index contributed by atoms with van der Waals surface area (Å²) in [5, 5.41) is 0. The van der Waals surface area contributed by atoms with Gasteiger partial charge in [-0.1, -0.05) is 6.08 Å². The molecule has 0 atom stereocenters. The molecule has 5 nitrogen and oxygen atoms in total. The minimum atomic E-state index is -0.395. The molecular weight excluding hydrogens is 270 g/mol. The van der Waals surface area contributed by atoms with E-state index >= 15 is 0 Å². The summed E-state index contributed by atoms with van der Waals surface area (Å²) in [4.78, 5) is 24.0. The van der Waals surface area contributed by atoms with Crippen molar-refractivity contribution in [3.8, 4) is 0 Å². The molecule has 0 unspecified atom stereocenters. The lowest BCUT2D eigenvalue weighted by molar-refractivity contribution is 0.0522. The van der Waals surface area contributed by atoms with Crippen LogP contribution in [0.5, 0.6) is 0 Å². The van der Waals surface area contributed by atoms with E-state index in [0.717, 1.165) is 6.42 Å². The third-order valence-electron chi connectivity index (χ3n) is 3.17. The fraction of sp³-hybridized carbons (Fsp3) is 0.500. The lowest BCUT2D eigenvalue weighted by Crippen LogP contribution is -2.27. The Morgan fingerprint density at radius 1 is 1.38 bits per heavy atom. The predicted octanol–water partition coefficient (Wildman–Crippen LogP) is 2.23. The highest BCUT2D eigenvalue weighted by Crippen LogP contribution is 2.13. The van der Waals surface area contributed by atoms with Gasteiger partial charge in [0.2, 0.25) is 0 Å². The Balaban J connectivity index is 2.93. The SMILES string of the molecule is C=CCCOCCn1c(C)c(C(=O)OCC)c(C)cc1=O. The van der Waals surface area contributed by atoms with Crippen LogP contribution in [0.3, 0.4) is 0 Å². The molecule has 0 bridgehead atoms. The first-order chi connectivity index (χ1) is 10.0. The van der Waals surface area contributed by atoms with E-state index in [1.165, 1.54) is 6.07 Å². The van der Waals surface area contributed by atoms with Crippen LogP contribution in [0, 0.1) is 13.8 Å². The average Bonchev–Trinajstić information content (AvgIpc) is 2.41. The Kier molecular flexibility index (Phi) is 6.88. The molecule has 0 aromatic carbocycles. The van der Waals surface area contributed by atoms with Gasteiger partial charge in [-0.15, -0.1) is 6.58 Å². The minimum absolute atomic E-state index is 0.134. The lowest BCUT2D eigenvalue weighted by Gasteiger charge is -2.15. The van der Waals surface area contributed by atoms with E-state index in [-0.39, 0.29) is 5.56 Å². The molecule has 0 spiro atoms. The van der Waals surface area contributed by atoms with Gasteiger partial charge in [0.25, 0.3) is 5.56 Å². The van der Waals surface area contributed by atoms with Crippen molar-refractivity contribution in [2.75, 3.05) is 19.8 Å². The van der Waals surface area contributed by atoms with Crippen LogP contribution >= 0.6 is 0 Å². The molecule has 0 aliphatic rings. The van der Waals surface area contributed by atoms with Crippen LogP contribution in [-0.2, 0) is 16.0 Å². The van der Waals surface area contributed by atoms with E-state index in [4.69, 9.17) is 9.47 Å². The molecule has 1 heterocycles. The number of rotatable bonds is 8. The number of hydrogen-bond acceptors (Lipinski definition) is 4. The van der Waals surface area contributed by atoms with Crippen molar-refractivity contribution >= 4 is 5.97 Å². The molecule has 1 rings (SSSR count). The van der Waals surface area contributed by atoms with E-state index in [0.29, 0.717) is 43.2 Å². The number of aryl methyl sites for hydroxylation is 1. The summed E-state index contributed by atoms with van der Waals surface area (Å²) in [6, 6.07) is 1.46. The summed E-state index contributed by atoms with van der Waals surface area (Å²) in [7, 11) is 0. The van der Waals surface area contributed by atoms with Crippen molar-refractivity contribution in [2.45, 2.75) is 33.7 Å². The maximum atomic E-state index is 12.1. The minimum Gasteiger partial charge on any atom is -0.462 e. The Hall–Kier alpha value is -1.88. The van der Waals surface area contributed by atoms with Crippen LogP contribution in [-0.4, -0.2) is 30.4 Å². The molecule has 0 saturated carbocycles. The molecule has 0 radical (unpaired) electrons. The molecule has 5 heteroatoms. The van der Waals surface area contributed by atoms with E-state index < -0.39 is 5.97 Å². The van der Waals surface area contributed by atoms with Crippen LogP contribution in [0.25, 0.3) is 0 Å². The van der Waals surface area contributed by atoms with Gasteiger partial charge in [-0.3, -0.25) is 4.79 Å². The quantitative estimate of drug-likeness (QED) is 0.419. The van der Waals surface area contributed by atoms with Crippen molar-refractivity contribution in [1.29, 1.82) is 0 Å². The van der Waals surface area contributed by atoms with Crippen molar-refractivity contribution in [3.63, 3.8) is 0 Å². The molecule has 0 saturated heterocycles. The second-order valence-electron chi connectivity index (χ2n) is 4.69. The molecule has 0 aliphatic heterocycles. The van der Waals surface area contributed by atoms with Crippen LogP contribution in [0.1, 0.15) is 35.0 Å². The Morgan fingerprint density at radius 2 is 2.10 bits per heavy atom. The molecular formula is C16H23NO4. The first-order valence-electron chi connectivity index (χ1n) is 7.09. The highest BCUT2D eigenvalue weighted by molar-refractivity contribution is 5.92. The topological polar surface area (TPSA) is 57.5 Å². The molecule has 1 aromatic rings.